The summed E-state index contributed by atoms with van der Waals surface area (Å²) < 4.78 is 19.2. The molecule has 5 aliphatic heterocycles. The number of rotatable bonds is 2. The van der Waals surface area contributed by atoms with Gasteiger partial charge in [0.05, 0.1) is 47.8 Å². The molecule has 5 aliphatic carbocycles. The number of hydrogen-bond acceptors (Lipinski definition) is 13. The number of carbonyl (C=O) groups excluding carboxylic acids is 5. The summed E-state index contributed by atoms with van der Waals surface area (Å²) in [6.07, 6.45) is -3.43. The number of fused-ring (bicyclic) bond motifs is 3. The van der Waals surface area contributed by atoms with Crippen molar-refractivity contribution < 1.29 is 63.7 Å². The fourth-order valence-electron chi connectivity index (χ4n) is 15.0. The highest BCUT2D eigenvalue weighted by molar-refractivity contribution is 6.28. The molecule has 1 saturated carbocycles. The van der Waals surface area contributed by atoms with Crippen LogP contribution in [-0.4, -0.2) is 109 Å². The van der Waals surface area contributed by atoms with Crippen LogP contribution in [0.15, 0.2) is 45.8 Å². The van der Waals surface area contributed by atoms with Gasteiger partial charge in [-0.05, 0) is 64.4 Å². The molecule has 5 saturated heterocycles. The van der Waals surface area contributed by atoms with Crippen LogP contribution in [0.2, 0.25) is 0 Å². The van der Waals surface area contributed by atoms with E-state index in [-0.39, 0.29) is 41.4 Å². The summed E-state index contributed by atoms with van der Waals surface area (Å²) in [5.41, 5.74) is -11.2. The van der Waals surface area contributed by atoms with E-state index in [4.69, 9.17) is 14.2 Å². The zero-order valence-electron chi connectivity index (χ0n) is 32.4. The fraction of sp³-hybridized carbons (Fsp3) is 0.690. The number of hydrogen-bond donors (Lipinski definition) is 6. The molecule has 0 aromatic rings. The third-order valence-electron chi connectivity index (χ3n) is 16.7. The first kappa shape index (κ1) is 36.9. The van der Waals surface area contributed by atoms with E-state index in [1.807, 2.05) is 46.8 Å². The van der Waals surface area contributed by atoms with E-state index in [0.717, 1.165) is 11.1 Å². The molecular weight excluding hydrogens is 726 g/mol. The average molecular weight is 776 g/mol. The smallest absolute Gasteiger partial charge is 0.256 e. The van der Waals surface area contributed by atoms with Gasteiger partial charge in [0, 0.05) is 34.9 Å². The predicted molar refractivity (Wildman–Crippen MR) is 190 cm³/mol. The second kappa shape index (κ2) is 10.6. The van der Waals surface area contributed by atoms with Gasteiger partial charge in [0.1, 0.15) is 10.8 Å². The average Bonchev–Trinajstić information content (AvgIpc) is 3.89. The van der Waals surface area contributed by atoms with Gasteiger partial charge < -0.3 is 45.1 Å². The third kappa shape index (κ3) is 3.23. The predicted octanol–water partition coefficient (Wildman–Crippen LogP) is 1.05. The lowest BCUT2D eigenvalue weighted by Crippen LogP contribution is -2.84. The minimum Gasteiger partial charge on any atom is -0.504 e. The lowest BCUT2D eigenvalue weighted by molar-refractivity contribution is -0.379. The Hall–Kier alpha value is -3.37. The standard InChI is InChI=1S/C42H49NO13/c1-14(2)10-21-25-17(5)16(4)12-20-11-15(3)8-9-22(44)28-23-24(30(47)38(20,25)36(51)43-21)32-39-19(7)27(45)31(48)42(53,56-28)41(39,33(23)55-32)40(52)29(46)18(6)26-34(49)54-13-37(26,39)35(40)50/h11-12,14,17,20-25,28,32-34,44-45,49,52-53H,8-10,13H2,1-7H3,(H,43,51)/b15-11+/t17-,20+,21+,22-,23-,24-,25+,28-,32+,33-,34+,37+,38+,39-,40+,41+,42-/m1/s1. The molecule has 1 amide bonds. The molecular formula is C42H49NO13. The summed E-state index contributed by atoms with van der Waals surface area (Å²) in [6, 6.07) is -0.407. The minimum atomic E-state index is -3.36. The number of ketones is 4. The molecule has 14 nitrogen and oxygen atoms in total. The maximum Gasteiger partial charge on any atom is 0.256 e. The fourth-order valence-corrected chi connectivity index (χ4v) is 15.0. The number of carbonyl (C=O) groups is 5. The van der Waals surface area contributed by atoms with Crippen LogP contribution in [0.3, 0.4) is 0 Å². The van der Waals surface area contributed by atoms with Gasteiger partial charge in [-0.25, -0.2) is 0 Å². The van der Waals surface area contributed by atoms with E-state index in [2.05, 4.69) is 5.32 Å². The topological polar surface area (TPSA) is 226 Å². The SMILES string of the molecule is CC1=C[C@@H]2/C=C(\C)CC[C@@H](O)[C@H]3O[C@]4(O)C(=O)C(O)=C(C)[C@]56[C@H]7O[C@H]([C@@H]3[C@@H]7C(=O)[C@]23C(=O)N[C@@H](CC(C)C)[C@@H]3[C@@H]1C)[C@@]54[C@]1(O)C(=O)C(C)=C2[C@@H](O)OC[C@@]26C1=O. The largest absolute Gasteiger partial charge is 0.504 e. The second-order valence-corrected chi connectivity index (χ2v) is 19.0. The van der Waals surface area contributed by atoms with E-state index in [9.17, 15) is 35.1 Å². The lowest BCUT2D eigenvalue weighted by atomic mass is 9.36. The summed E-state index contributed by atoms with van der Waals surface area (Å²) in [4.78, 5) is 76.3. The van der Waals surface area contributed by atoms with E-state index < -0.39 is 135 Å². The molecule has 17 atom stereocenters. The summed E-state index contributed by atoms with van der Waals surface area (Å²) in [7, 11) is 0. The van der Waals surface area contributed by atoms with Gasteiger partial charge >= 0.3 is 0 Å². The van der Waals surface area contributed by atoms with E-state index >= 15 is 14.4 Å². The van der Waals surface area contributed by atoms with Gasteiger partial charge in [-0.15, -0.1) is 0 Å². The number of allylic oxidation sites excluding steroid dienone is 4. The highest BCUT2D eigenvalue weighted by atomic mass is 16.7. The maximum atomic E-state index is 16.5. The molecule has 300 valence electrons. The Morgan fingerprint density at radius 3 is 2.36 bits per heavy atom. The van der Waals surface area contributed by atoms with Gasteiger partial charge in [0.15, 0.2) is 29.4 Å². The van der Waals surface area contributed by atoms with Crippen molar-refractivity contribution >= 4 is 29.0 Å². The van der Waals surface area contributed by atoms with Crippen molar-refractivity contribution in [2.24, 2.45) is 57.2 Å². The van der Waals surface area contributed by atoms with Crippen molar-refractivity contribution in [1.82, 2.24) is 5.32 Å². The van der Waals surface area contributed by atoms with Crippen LogP contribution in [-0.2, 0) is 38.2 Å². The molecule has 5 heterocycles. The van der Waals surface area contributed by atoms with Crippen LogP contribution in [0.25, 0.3) is 0 Å². The Morgan fingerprint density at radius 2 is 1.68 bits per heavy atom. The number of aliphatic hydroxyl groups excluding tert-OH is 3. The monoisotopic (exact) mass is 775 g/mol. The Morgan fingerprint density at radius 1 is 0.982 bits per heavy atom. The molecule has 4 bridgehead atoms. The lowest BCUT2D eigenvalue weighted by Gasteiger charge is -2.67. The minimum absolute atomic E-state index is 0.0202. The van der Waals surface area contributed by atoms with E-state index in [0.29, 0.717) is 6.42 Å². The van der Waals surface area contributed by atoms with E-state index in [1.54, 1.807) is 0 Å². The third-order valence-corrected chi connectivity index (χ3v) is 16.7. The first-order valence-corrected chi connectivity index (χ1v) is 19.9. The van der Waals surface area contributed by atoms with Crippen molar-refractivity contribution in [3.8, 4) is 0 Å². The highest BCUT2D eigenvalue weighted by Gasteiger charge is 3.05. The first-order chi connectivity index (χ1) is 26.2. The molecule has 0 unspecified atom stereocenters. The van der Waals surface area contributed by atoms with Crippen molar-refractivity contribution in [1.29, 1.82) is 0 Å². The number of nitrogens with one attached hydrogen (secondary N) is 1. The van der Waals surface area contributed by atoms with Crippen molar-refractivity contribution in [3.63, 3.8) is 0 Å². The number of amides is 1. The Labute approximate surface area is 323 Å². The summed E-state index contributed by atoms with van der Waals surface area (Å²) in [6.45, 7) is 11.9. The van der Waals surface area contributed by atoms with Gasteiger partial charge in [0.25, 0.3) is 5.78 Å². The van der Waals surface area contributed by atoms with Gasteiger partial charge in [-0.1, -0.05) is 44.1 Å². The number of aliphatic hydroxyl groups is 5. The molecule has 6 N–H and O–H groups in total. The second-order valence-electron chi connectivity index (χ2n) is 19.0. The number of ether oxygens (including phenoxy) is 3. The molecule has 56 heavy (non-hydrogen) atoms. The zero-order valence-corrected chi connectivity index (χ0v) is 32.4. The summed E-state index contributed by atoms with van der Waals surface area (Å²) >= 11 is 0. The maximum absolute atomic E-state index is 16.5. The van der Waals surface area contributed by atoms with Gasteiger partial charge in [-0.2, -0.15) is 0 Å². The van der Waals surface area contributed by atoms with E-state index in [1.165, 1.54) is 13.8 Å². The van der Waals surface area contributed by atoms with Crippen LogP contribution in [0.4, 0.5) is 0 Å². The Bertz CT molecular complexity index is 2130. The van der Waals surface area contributed by atoms with Crippen LogP contribution in [0, 0.1) is 57.2 Å². The molecule has 3 spiro atoms. The molecule has 0 radical (unpaired) electrons. The summed E-state index contributed by atoms with van der Waals surface area (Å²) in [5.74, 6) is -13.4. The molecule has 14 heteroatoms. The van der Waals surface area contributed by atoms with Crippen LogP contribution in [0.1, 0.15) is 67.7 Å². The Balaban J connectivity index is 1.33. The molecule has 0 aromatic heterocycles. The van der Waals surface area contributed by atoms with Crippen LogP contribution >= 0.6 is 0 Å². The normalized spacial score (nSPS) is 54.7. The van der Waals surface area contributed by atoms with Crippen LogP contribution in [0.5, 0.6) is 0 Å². The number of Topliss-reactive ketones (excluding diaryl/α,β-unsaturated/α-hetero) is 4. The Kier molecular flexibility index (Phi) is 7.01. The van der Waals surface area contributed by atoms with Crippen molar-refractivity contribution in [2.45, 2.75) is 116 Å². The molecule has 10 aliphatic rings. The summed E-state index contributed by atoms with van der Waals surface area (Å²) in [5, 5.41) is 64.9. The highest BCUT2D eigenvalue weighted by Crippen LogP contribution is 2.89. The first-order valence-electron chi connectivity index (χ1n) is 19.9. The molecule has 10 rings (SSSR count). The molecule has 0 aromatic carbocycles. The quantitative estimate of drug-likeness (QED) is 0.171. The van der Waals surface area contributed by atoms with Crippen molar-refractivity contribution in [3.05, 3.63) is 45.8 Å². The molecule has 6 fully saturated rings. The van der Waals surface area contributed by atoms with Gasteiger partial charge in [0.2, 0.25) is 17.3 Å². The zero-order chi connectivity index (χ0) is 40.4. The van der Waals surface area contributed by atoms with Crippen molar-refractivity contribution in [2.75, 3.05) is 6.61 Å². The van der Waals surface area contributed by atoms with Crippen LogP contribution < -0.4 is 5.32 Å². The van der Waals surface area contributed by atoms with Gasteiger partial charge in [-0.3, -0.25) is 24.0 Å².